The zero-order chi connectivity index (χ0) is 14.9. The summed E-state index contributed by atoms with van der Waals surface area (Å²) in [5.74, 6) is -0.212. The first-order valence-corrected chi connectivity index (χ1v) is 6.43. The molecule has 2 heterocycles. The number of carbonyl (C=O) groups is 1. The molecule has 106 valence electrons. The first kappa shape index (κ1) is 14.4. The van der Waals surface area contributed by atoms with Gasteiger partial charge in [0.25, 0.3) is 5.91 Å². The second-order valence-corrected chi connectivity index (χ2v) is 5.67. The molecule has 5 nitrogen and oxygen atoms in total. The molecule has 1 amide bonds. The standard InChI is InChI=1S/C15H19N3O2/c1-15(2,3)12-11(14(19)18(4)20-5)9-10-7-6-8-16-13(10)17-12/h6-9H,1-5H3. The van der Waals surface area contributed by atoms with E-state index in [2.05, 4.69) is 9.97 Å². The second kappa shape index (κ2) is 5.17. The molecular formula is C15H19N3O2. The predicted octanol–water partition coefficient (Wildman–Crippen LogP) is 2.56. The number of aromatic nitrogens is 2. The third-order valence-electron chi connectivity index (χ3n) is 3.09. The van der Waals surface area contributed by atoms with Gasteiger partial charge in [0.1, 0.15) is 0 Å². The summed E-state index contributed by atoms with van der Waals surface area (Å²) in [5, 5.41) is 2.04. The summed E-state index contributed by atoms with van der Waals surface area (Å²) in [6.07, 6.45) is 1.70. The molecule has 0 spiro atoms. The van der Waals surface area contributed by atoms with Gasteiger partial charge in [-0.15, -0.1) is 0 Å². The smallest absolute Gasteiger partial charge is 0.274 e. The molecule has 0 unspecified atom stereocenters. The van der Waals surface area contributed by atoms with Gasteiger partial charge in [0.15, 0.2) is 5.65 Å². The third kappa shape index (κ3) is 2.63. The Balaban J connectivity index is 2.70. The lowest BCUT2D eigenvalue weighted by Gasteiger charge is -2.23. The molecule has 0 aliphatic carbocycles. The number of carbonyl (C=O) groups excluding carboxylic acids is 1. The van der Waals surface area contributed by atoms with E-state index in [-0.39, 0.29) is 11.3 Å². The first-order valence-electron chi connectivity index (χ1n) is 6.43. The van der Waals surface area contributed by atoms with Gasteiger partial charge in [-0.25, -0.2) is 15.0 Å². The van der Waals surface area contributed by atoms with Crippen LogP contribution in [0.1, 0.15) is 36.8 Å². The minimum Gasteiger partial charge on any atom is -0.274 e. The fraction of sp³-hybridized carbons (Fsp3) is 0.400. The van der Waals surface area contributed by atoms with Gasteiger partial charge >= 0.3 is 0 Å². The first-order chi connectivity index (χ1) is 9.34. The fourth-order valence-corrected chi connectivity index (χ4v) is 1.99. The Morgan fingerprint density at radius 2 is 2.05 bits per heavy atom. The van der Waals surface area contributed by atoms with E-state index in [0.717, 1.165) is 11.1 Å². The van der Waals surface area contributed by atoms with E-state index in [9.17, 15) is 4.79 Å². The van der Waals surface area contributed by atoms with Crippen LogP contribution in [-0.2, 0) is 10.3 Å². The number of hydrogen-bond acceptors (Lipinski definition) is 4. The van der Waals surface area contributed by atoms with Crippen molar-refractivity contribution in [3.8, 4) is 0 Å². The molecule has 0 aromatic carbocycles. The van der Waals surface area contributed by atoms with E-state index in [0.29, 0.717) is 11.2 Å². The summed E-state index contributed by atoms with van der Waals surface area (Å²) < 4.78 is 0. The Labute approximate surface area is 118 Å². The van der Waals surface area contributed by atoms with Gasteiger partial charge in [-0.3, -0.25) is 9.63 Å². The molecule has 0 N–H and O–H groups in total. The van der Waals surface area contributed by atoms with Crippen LogP contribution in [0, 0.1) is 0 Å². The number of rotatable bonds is 2. The van der Waals surface area contributed by atoms with Crippen LogP contribution in [0.3, 0.4) is 0 Å². The highest BCUT2D eigenvalue weighted by atomic mass is 16.7. The Hall–Kier alpha value is -2.01. The highest BCUT2D eigenvalue weighted by Crippen LogP contribution is 2.27. The van der Waals surface area contributed by atoms with E-state index in [1.165, 1.54) is 12.2 Å². The summed E-state index contributed by atoms with van der Waals surface area (Å²) in [6.45, 7) is 6.06. The van der Waals surface area contributed by atoms with Crippen molar-refractivity contribution in [1.29, 1.82) is 0 Å². The van der Waals surface area contributed by atoms with Crippen LogP contribution in [0.4, 0.5) is 0 Å². The Bertz CT molecular complexity index is 647. The van der Waals surface area contributed by atoms with E-state index in [1.54, 1.807) is 13.2 Å². The molecule has 0 atom stereocenters. The van der Waals surface area contributed by atoms with Crippen molar-refractivity contribution in [2.24, 2.45) is 0 Å². The van der Waals surface area contributed by atoms with Gasteiger partial charge in [-0.2, -0.15) is 0 Å². The summed E-state index contributed by atoms with van der Waals surface area (Å²) >= 11 is 0. The van der Waals surface area contributed by atoms with Crippen molar-refractivity contribution in [3.05, 3.63) is 35.7 Å². The molecule has 0 saturated carbocycles. The molecule has 2 aromatic rings. The van der Waals surface area contributed by atoms with E-state index < -0.39 is 0 Å². The lowest BCUT2D eigenvalue weighted by molar-refractivity contribution is -0.0758. The van der Waals surface area contributed by atoms with Crippen LogP contribution in [0.25, 0.3) is 11.0 Å². The molecule has 5 heteroatoms. The molecule has 0 saturated heterocycles. The van der Waals surface area contributed by atoms with Crippen molar-refractivity contribution in [2.45, 2.75) is 26.2 Å². The number of amides is 1. The lowest BCUT2D eigenvalue weighted by atomic mass is 9.87. The van der Waals surface area contributed by atoms with Crippen LogP contribution in [0.5, 0.6) is 0 Å². The fourth-order valence-electron chi connectivity index (χ4n) is 1.99. The minimum absolute atomic E-state index is 0.212. The summed E-state index contributed by atoms with van der Waals surface area (Å²) in [4.78, 5) is 26.2. The van der Waals surface area contributed by atoms with Gasteiger partial charge < -0.3 is 0 Å². The van der Waals surface area contributed by atoms with Gasteiger partial charge in [-0.1, -0.05) is 20.8 Å². The van der Waals surface area contributed by atoms with Crippen LogP contribution in [0.2, 0.25) is 0 Å². The van der Waals surface area contributed by atoms with Crippen molar-refractivity contribution in [1.82, 2.24) is 15.0 Å². The average molecular weight is 273 g/mol. The predicted molar refractivity (Wildman–Crippen MR) is 77.3 cm³/mol. The quantitative estimate of drug-likeness (QED) is 0.789. The summed E-state index contributed by atoms with van der Waals surface area (Å²) in [6, 6.07) is 5.55. The molecular weight excluding hydrogens is 254 g/mol. The number of nitrogens with zero attached hydrogens (tertiary/aromatic N) is 3. The molecule has 0 bridgehead atoms. The minimum atomic E-state index is -0.259. The molecule has 2 rings (SSSR count). The van der Waals surface area contributed by atoms with Gasteiger partial charge in [0.2, 0.25) is 0 Å². The van der Waals surface area contributed by atoms with Gasteiger partial charge in [-0.05, 0) is 18.2 Å². The SMILES string of the molecule is CON(C)C(=O)c1cc2cccnc2nc1C(C)(C)C. The van der Waals surface area contributed by atoms with E-state index >= 15 is 0 Å². The molecule has 0 radical (unpaired) electrons. The molecule has 0 aliphatic heterocycles. The maximum atomic E-state index is 12.4. The Morgan fingerprint density at radius 1 is 1.35 bits per heavy atom. The van der Waals surface area contributed by atoms with Crippen LogP contribution >= 0.6 is 0 Å². The number of fused-ring (bicyclic) bond motifs is 1. The van der Waals surface area contributed by atoms with Crippen LogP contribution in [-0.4, -0.2) is 35.1 Å². The summed E-state index contributed by atoms with van der Waals surface area (Å²) in [5.41, 5.74) is 1.65. The highest BCUT2D eigenvalue weighted by Gasteiger charge is 2.26. The van der Waals surface area contributed by atoms with Crippen molar-refractivity contribution in [3.63, 3.8) is 0 Å². The van der Waals surface area contributed by atoms with Gasteiger partial charge in [0, 0.05) is 24.0 Å². The maximum absolute atomic E-state index is 12.4. The van der Waals surface area contributed by atoms with Crippen LogP contribution < -0.4 is 0 Å². The number of hydroxylamine groups is 2. The number of hydrogen-bond donors (Lipinski definition) is 0. The summed E-state index contributed by atoms with van der Waals surface area (Å²) in [7, 11) is 3.05. The van der Waals surface area contributed by atoms with Crippen molar-refractivity contribution >= 4 is 16.9 Å². The van der Waals surface area contributed by atoms with E-state index in [4.69, 9.17) is 4.84 Å². The zero-order valence-corrected chi connectivity index (χ0v) is 12.5. The van der Waals surface area contributed by atoms with Crippen LogP contribution in [0.15, 0.2) is 24.4 Å². The third-order valence-corrected chi connectivity index (χ3v) is 3.09. The average Bonchev–Trinajstić information content (AvgIpc) is 2.43. The monoisotopic (exact) mass is 273 g/mol. The normalized spacial score (nSPS) is 11.7. The van der Waals surface area contributed by atoms with Crippen molar-refractivity contribution < 1.29 is 9.63 Å². The largest absolute Gasteiger partial charge is 0.279 e. The zero-order valence-electron chi connectivity index (χ0n) is 12.5. The molecule has 0 aliphatic rings. The second-order valence-electron chi connectivity index (χ2n) is 5.67. The van der Waals surface area contributed by atoms with E-state index in [1.807, 2.05) is 39.0 Å². The molecule has 2 aromatic heterocycles. The topological polar surface area (TPSA) is 55.3 Å². The highest BCUT2D eigenvalue weighted by molar-refractivity contribution is 5.97. The molecule has 20 heavy (non-hydrogen) atoms. The van der Waals surface area contributed by atoms with Crippen molar-refractivity contribution in [2.75, 3.05) is 14.2 Å². The number of pyridine rings is 2. The Morgan fingerprint density at radius 3 is 2.65 bits per heavy atom. The molecule has 0 fully saturated rings. The maximum Gasteiger partial charge on any atom is 0.279 e. The Kier molecular flexibility index (Phi) is 3.72. The van der Waals surface area contributed by atoms with Gasteiger partial charge in [0.05, 0.1) is 18.4 Å². The lowest BCUT2D eigenvalue weighted by Crippen LogP contribution is -2.29.